The van der Waals surface area contributed by atoms with E-state index in [-0.39, 0.29) is 5.56 Å². The van der Waals surface area contributed by atoms with Gasteiger partial charge in [0.05, 0.1) is 21.3 Å². The number of amides is 1. The van der Waals surface area contributed by atoms with Crippen LogP contribution in [0.4, 0.5) is 5.69 Å². The highest BCUT2D eigenvalue weighted by atomic mass is 32.2. The number of esters is 1. The van der Waals surface area contributed by atoms with Gasteiger partial charge in [0.15, 0.2) is 6.10 Å². The number of benzene rings is 2. The van der Waals surface area contributed by atoms with E-state index < -0.39 is 28.8 Å². The molecule has 0 unspecified atom stereocenters. The van der Waals surface area contributed by atoms with E-state index in [0.717, 1.165) is 6.42 Å². The molecule has 138 valence electrons. The lowest BCUT2D eigenvalue weighted by atomic mass is 10.1. The van der Waals surface area contributed by atoms with Crippen molar-refractivity contribution in [3.63, 3.8) is 0 Å². The molecule has 0 aliphatic carbocycles. The van der Waals surface area contributed by atoms with E-state index in [1.165, 1.54) is 12.5 Å². The van der Waals surface area contributed by atoms with E-state index in [2.05, 4.69) is 12.2 Å². The largest absolute Gasteiger partial charge is 0.449 e. The molecule has 26 heavy (non-hydrogen) atoms. The van der Waals surface area contributed by atoms with Crippen LogP contribution in [0.25, 0.3) is 0 Å². The van der Waals surface area contributed by atoms with Gasteiger partial charge in [-0.15, -0.1) is 0 Å². The first-order valence-electron chi connectivity index (χ1n) is 8.54. The van der Waals surface area contributed by atoms with E-state index in [1.807, 2.05) is 24.3 Å². The highest BCUT2D eigenvalue weighted by Gasteiger charge is 2.22. The Hall–Kier alpha value is -2.47. The van der Waals surface area contributed by atoms with Crippen molar-refractivity contribution >= 4 is 28.4 Å². The SMILES string of the molecule is CCc1ccc(NC(=O)[C@@H](C)OC(=O)c2ccccc2[S@](=O)CC)cc1. The predicted molar refractivity (Wildman–Crippen MR) is 103 cm³/mol. The molecule has 1 N–H and O–H groups in total. The summed E-state index contributed by atoms with van der Waals surface area (Å²) in [6.45, 7) is 5.34. The minimum atomic E-state index is -1.28. The minimum absolute atomic E-state index is 0.222. The van der Waals surface area contributed by atoms with Crippen LogP contribution in [0, 0.1) is 0 Å². The number of hydrogen-bond donors (Lipinski definition) is 1. The Labute approximate surface area is 156 Å². The summed E-state index contributed by atoms with van der Waals surface area (Å²) in [5, 5.41) is 2.72. The molecule has 0 heterocycles. The second-order valence-corrected chi connectivity index (χ2v) is 7.43. The third-order valence-corrected chi connectivity index (χ3v) is 5.27. The van der Waals surface area contributed by atoms with Crippen LogP contribution >= 0.6 is 0 Å². The smallest absolute Gasteiger partial charge is 0.340 e. The van der Waals surface area contributed by atoms with E-state index in [1.54, 1.807) is 31.2 Å². The van der Waals surface area contributed by atoms with Crippen molar-refractivity contribution in [2.24, 2.45) is 0 Å². The molecule has 0 aliphatic heterocycles. The lowest BCUT2D eigenvalue weighted by molar-refractivity contribution is -0.123. The molecule has 2 aromatic carbocycles. The quantitative estimate of drug-likeness (QED) is 0.753. The average Bonchev–Trinajstić information content (AvgIpc) is 2.67. The Morgan fingerprint density at radius 3 is 2.35 bits per heavy atom. The summed E-state index contributed by atoms with van der Waals surface area (Å²) in [6.07, 6.45) is -0.0580. The summed E-state index contributed by atoms with van der Waals surface area (Å²) < 4.78 is 17.3. The Morgan fingerprint density at radius 1 is 1.08 bits per heavy atom. The molecule has 0 radical (unpaired) electrons. The van der Waals surface area contributed by atoms with Crippen molar-refractivity contribution in [1.82, 2.24) is 0 Å². The number of hydrogen-bond acceptors (Lipinski definition) is 4. The van der Waals surface area contributed by atoms with Gasteiger partial charge in [0.25, 0.3) is 5.91 Å². The Kier molecular flexibility index (Phi) is 7.09. The second kappa shape index (κ2) is 9.29. The zero-order valence-corrected chi connectivity index (χ0v) is 16.0. The molecule has 0 aromatic heterocycles. The Balaban J connectivity index is 2.04. The number of aryl methyl sites for hydroxylation is 1. The fourth-order valence-corrected chi connectivity index (χ4v) is 3.27. The van der Waals surface area contributed by atoms with Gasteiger partial charge in [-0.1, -0.05) is 38.1 Å². The molecule has 0 aliphatic rings. The number of nitrogens with one attached hydrogen (secondary N) is 1. The third-order valence-electron chi connectivity index (χ3n) is 3.90. The molecule has 0 saturated heterocycles. The normalized spacial score (nSPS) is 12.9. The van der Waals surface area contributed by atoms with Gasteiger partial charge < -0.3 is 10.1 Å². The van der Waals surface area contributed by atoms with Crippen molar-refractivity contribution < 1.29 is 18.5 Å². The first-order valence-corrected chi connectivity index (χ1v) is 9.86. The molecule has 0 fully saturated rings. The van der Waals surface area contributed by atoms with Crippen LogP contribution in [0.1, 0.15) is 36.7 Å². The van der Waals surface area contributed by atoms with E-state index in [9.17, 15) is 13.8 Å². The van der Waals surface area contributed by atoms with Crippen LogP contribution in [-0.2, 0) is 26.8 Å². The number of rotatable bonds is 7. The van der Waals surface area contributed by atoms with Crippen molar-refractivity contribution in [3.8, 4) is 0 Å². The van der Waals surface area contributed by atoms with Crippen LogP contribution in [0.3, 0.4) is 0 Å². The summed E-state index contributed by atoms with van der Waals surface area (Å²) in [7, 11) is -1.28. The first-order chi connectivity index (χ1) is 12.5. The molecule has 5 nitrogen and oxygen atoms in total. The highest BCUT2D eigenvalue weighted by Crippen LogP contribution is 2.16. The number of anilines is 1. The van der Waals surface area contributed by atoms with Crippen LogP contribution in [0.2, 0.25) is 0 Å². The van der Waals surface area contributed by atoms with Gasteiger partial charge in [0.2, 0.25) is 0 Å². The van der Waals surface area contributed by atoms with E-state index >= 15 is 0 Å². The maximum atomic E-state index is 12.4. The fraction of sp³-hybridized carbons (Fsp3) is 0.300. The summed E-state index contributed by atoms with van der Waals surface area (Å²) in [4.78, 5) is 25.1. The summed E-state index contributed by atoms with van der Waals surface area (Å²) in [5.41, 5.74) is 2.03. The van der Waals surface area contributed by atoms with Gasteiger partial charge in [-0.05, 0) is 43.2 Å². The zero-order chi connectivity index (χ0) is 19.1. The van der Waals surface area contributed by atoms with Gasteiger partial charge in [0.1, 0.15) is 0 Å². The number of carbonyl (C=O) groups is 2. The van der Waals surface area contributed by atoms with Crippen molar-refractivity contribution in [2.45, 2.75) is 38.2 Å². The number of ether oxygens (including phenoxy) is 1. The second-order valence-electron chi connectivity index (χ2n) is 5.72. The van der Waals surface area contributed by atoms with Gasteiger partial charge in [-0.25, -0.2) is 4.79 Å². The molecule has 0 spiro atoms. The molecule has 2 aromatic rings. The van der Waals surface area contributed by atoms with Crippen molar-refractivity contribution in [3.05, 3.63) is 59.7 Å². The van der Waals surface area contributed by atoms with E-state index in [0.29, 0.717) is 16.3 Å². The summed E-state index contributed by atoms with van der Waals surface area (Å²) in [6, 6.07) is 14.1. The number of carbonyl (C=O) groups excluding carboxylic acids is 2. The zero-order valence-electron chi connectivity index (χ0n) is 15.2. The summed E-state index contributed by atoms with van der Waals surface area (Å²) in [5.74, 6) is -0.684. The third kappa shape index (κ3) is 5.02. The van der Waals surface area contributed by atoms with Crippen LogP contribution in [-0.4, -0.2) is 27.9 Å². The molecular formula is C20H23NO4S. The fourth-order valence-electron chi connectivity index (χ4n) is 2.33. The molecular weight excluding hydrogens is 350 g/mol. The van der Waals surface area contributed by atoms with Crippen LogP contribution < -0.4 is 5.32 Å². The van der Waals surface area contributed by atoms with Crippen LogP contribution in [0.5, 0.6) is 0 Å². The topological polar surface area (TPSA) is 72.5 Å². The van der Waals surface area contributed by atoms with E-state index in [4.69, 9.17) is 4.74 Å². The van der Waals surface area contributed by atoms with Crippen molar-refractivity contribution in [1.29, 1.82) is 0 Å². The maximum absolute atomic E-state index is 12.4. The monoisotopic (exact) mass is 373 g/mol. The summed E-state index contributed by atoms with van der Waals surface area (Å²) >= 11 is 0. The molecule has 2 rings (SSSR count). The lowest BCUT2D eigenvalue weighted by Crippen LogP contribution is -2.30. The van der Waals surface area contributed by atoms with Gasteiger partial charge in [-0.3, -0.25) is 9.00 Å². The van der Waals surface area contributed by atoms with Gasteiger partial charge in [-0.2, -0.15) is 0 Å². The molecule has 0 bridgehead atoms. The van der Waals surface area contributed by atoms with Gasteiger partial charge in [0, 0.05) is 11.4 Å². The lowest BCUT2D eigenvalue weighted by Gasteiger charge is -2.15. The average molecular weight is 373 g/mol. The van der Waals surface area contributed by atoms with Crippen molar-refractivity contribution in [2.75, 3.05) is 11.1 Å². The van der Waals surface area contributed by atoms with Crippen LogP contribution in [0.15, 0.2) is 53.4 Å². The minimum Gasteiger partial charge on any atom is -0.449 e. The standard InChI is InChI=1S/C20H23NO4S/c1-4-15-10-12-16(13-11-15)21-19(22)14(3)25-20(23)17-8-6-7-9-18(17)26(24)5-2/h6-14H,4-5H2,1-3H3,(H,21,22)/t14-,26-/m1/s1. The Bertz CT molecular complexity index is 802. The molecule has 1 amide bonds. The first kappa shape index (κ1) is 19.8. The maximum Gasteiger partial charge on any atom is 0.340 e. The highest BCUT2D eigenvalue weighted by molar-refractivity contribution is 7.85. The molecule has 6 heteroatoms. The Morgan fingerprint density at radius 2 is 1.73 bits per heavy atom. The van der Waals surface area contributed by atoms with Gasteiger partial charge >= 0.3 is 5.97 Å². The molecule has 2 atom stereocenters. The molecule has 0 saturated carbocycles. The predicted octanol–water partition coefficient (Wildman–Crippen LogP) is 3.56.